The average Bonchev–Trinajstić information content (AvgIpc) is 2.25. The van der Waals surface area contributed by atoms with Crippen molar-refractivity contribution >= 4 is 22.5 Å². The number of hydrogen-bond acceptors (Lipinski definition) is 4. The highest BCUT2D eigenvalue weighted by Crippen LogP contribution is 2.26. The number of hydrogen-bond donors (Lipinski definition) is 2. The van der Waals surface area contributed by atoms with Gasteiger partial charge >= 0.3 is 5.97 Å². The lowest BCUT2D eigenvalue weighted by molar-refractivity contribution is -0.134. The zero-order valence-corrected chi connectivity index (χ0v) is 9.84. The maximum absolute atomic E-state index is 11.2. The molecule has 0 aliphatic carbocycles. The van der Waals surface area contributed by atoms with E-state index in [4.69, 9.17) is 9.84 Å². The molecule has 0 aliphatic heterocycles. The molecule has 0 aromatic heterocycles. The minimum Gasteiger partial charge on any atom is -0.495 e. The average molecular weight is 243 g/mol. The fourth-order valence-electron chi connectivity index (χ4n) is 1.17. The number of nitrogens with one attached hydrogen (secondary N) is 1. The van der Waals surface area contributed by atoms with Crippen LogP contribution in [0.25, 0.3) is 0 Å². The predicted octanol–water partition coefficient (Wildman–Crippen LogP) is 0.929. The summed E-state index contributed by atoms with van der Waals surface area (Å²) in [5, 5.41) is 11.2. The first-order chi connectivity index (χ1) is 7.54. The highest BCUT2D eigenvalue weighted by Gasteiger charge is 2.07. The monoisotopic (exact) mass is 243 g/mol. The molecule has 0 saturated heterocycles. The molecule has 0 heterocycles. The highest BCUT2D eigenvalue weighted by molar-refractivity contribution is 7.84. The van der Waals surface area contributed by atoms with Gasteiger partial charge in [-0.2, -0.15) is 0 Å². The number of aliphatic carboxylic acids is 1. The summed E-state index contributed by atoms with van der Waals surface area (Å²) >= 11 is 0. The molecular weight excluding hydrogens is 230 g/mol. The zero-order valence-electron chi connectivity index (χ0n) is 9.02. The minimum atomic E-state index is -1.09. The second kappa shape index (κ2) is 5.50. The van der Waals surface area contributed by atoms with E-state index in [1.807, 2.05) is 0 Å². The Balaban J connectivity index is 2.93. The first-order valence-corrected chi connectivity index (χ1v) is 6.07. The number of carboxylic acids is 1. The fourth-order valence-corrected chi connectivity index (χ4v) is 1.70. The van der Waals surface area contributed by atoms with Crippen LogP contribution in [0.15, 0.2) is 23.1 Å². The van der Waals surface area contributed by atoms with Gasteiger partial charge < -0.3 is 15.2 Å². The lowest BCUT2D eigenvalue weighted by atomic mass is 10.3. The first-order valence-electron chi connectivity index (χ1n) is 4.51. The molecule has 0 spiro atoms. The molecule has 0 radical (unpaired) electrons. The van der Waals surface area contributed by atoms with Gasteiger partial charge in [-0.3, -0.25) is 9.00 Å². The van der Waals surface area contributed by atoms with E-state index < -0.39 is 16.8 Å². The number of rotatable bonds is 5. The predicted molar refractivity (Wildman–Crippen MR) is 61.5 cm³/mol. The largest absolute Gasteiger partial charge is 0.495 e. The van der Waals surface area contributed by atoms with Crippen molar-refractivity contribution in [1.29, 1.82) is 0 Å². The van der Waals surface area contributed by atoms with Crippen molar-refractivity contribution in [3.63, 3.8) is 0 Å². The van der Waals surface area contributed by atoms with Crippen LogP contribution in [0.2, 0.25) is 0 Å². The van der Waals surface area contributed by atoms with E-state index in [1.165, 1.54) is 7.11 Å². The van der Waals surface area contributed by atoms with Crippen molar-refractivity contribution in [1.82, 2.24) is 0 Å². The topological polar surface area (TPSA) is 75.6 Å². The summed E-state index contributed by atoms with van der Waals surface area (Å²) in [5.74, 6) is -0.473. The maximum Gasteiger partial charge on any atom is 0.322 e. The zero-order chi connectivity index (χ0) is 12.1. The van der Waals surface area contributed by atoms with Crippen molar-refractivity contribution in [2.45, 2.75) is 4.90 Å². The molecule has 1 aromatic carbocycles. The van der Waals surface area contributed by atoms with Gasteiger partial charge in [0.05, 0.1) is 12.8 Å². The Kier molecular flexibility index (Phi) is 4.30. The summed E-state index contributed by atoms with van der Waals surface area (Å²) in [7, 11) is 0.390. The highest BCUT2D eigenvalue weighted by atomic mass is 32.2. The van der Waals surface area contributed by atoms with Gasteiger partial charge in [-0.05, 0) is 18.2 Å². The molecule has 1 unspecified atom stereocenters. The molecule has 0 bridgehead atoms. The Morgan fingerprint density at radius 1 is 1.56 bits per heavy atom. The summed E-state index contributed by atoms with van der Waals surface area (Å²) in [6, 6.07) is 4.95. The summed E-state index contributed by atoms with van der Waals surface area (Å²) in [5.41, 5.74) is 0.569. The van der Waals surface area contributed by atoms with Crippen molar-refractivity contribution in [2.75, 3.05) is 25.2 Å². The third kappa shape index (κ3) is 3.23. The van der Waals surface area contributed by atoms with E-state index >= 15 is 0 Å². The molecule has 1 atom stereocenters. The molecule has 5 nitrogen and oxygen atoms in total. The van der Waals surface area contributed by atoms with Gasteiger partial charge in [-0.25, -0.2) is 0 Å². The van der Waals surface area contributed by atoms with Crippen LogP contribution in [0, 0.1) is 0 Å². The van der Waals surface area contributed by atoms with E-state index in [-0.39, 0.29) is 6.54 Å². The van der Waals surface area contributed by atoms with Crippen molar-refractivity contribution in [2.24, 2.45) is 0 Å². The van der Waals surface area contributed by atoms with Gasteiger partial charge in [0.25, 0.3) is 0 Å². The lowest BCUT2D eigenvalue weighted by Crippen LogP contribution is -2.13. The van der Waals surface area contributed by atoms with E-state index in [0.29, 0.717) is 16.3 Å². The molecule has 0 aliphatic rings. The smallest absolute Gasteiger partial charge is 0.322 e. The third-order valence-corrected chi connectivity index (χ3v) is 2.85. The van der Waals surface area contributed by atoms with E-state index in [2.05, 4.69) is 5.32 Å². The molecule has 1 rings (SSSR count). The maximum atomic E-state index is 11.2. The minimum absolute atomic E-state index is 0.190. The molecule has 0 amide bonds. The van der Waals surface area contributed by atoms with Crippen LogP contribution in [-0.4, -0.2) is 35.2 Å². The quantitative estimate of drug-likeness (QED) is 0.804. The summed E-state index contributed by atoms with van der Waals surface area (Å²) in [6.07, 6.45) is 1.57. The SMILES string of the molecule is COc1cc(S(C)=O)ccc1NCC(=O)O. The van der Waals surface area contributed by atoms with Gasteiger partial charge in [-0.1, -0.05) is 0 Å². The molecule has 1 aromatic rings. The Bertz CT molecular complexity index is 419. The van der Waals surface area contributed by atoms with Gasteiger partial charge in [0, 0.05) is 22.0 Å². The van der Waals surface area contributed by atoms with Crippen molar-refractivity contribution < 1.29 is 18.8 Å². The molecule has 2 N–H and O–H groups in total. The van der Waals surface area contributed by atoms with Gasteiger partial charge in [0.1, 0.15) is 12.3 Å². The molecule has 0 saturated carbocycles. The standard InChI is InChI=1S/C10H13NO4S/c1-15-9-5-7(16(2)14)3-4-8(9)11-6-10(12)13/h3-5,11H,6H2,1-2H3,(H,12,13). The van der Waals surface area contributed by atoms with Crippen molar-refractivity contribution in [3.8, 4) is 5.75 Å². The molecule has 6 heteroatoms. The Labute approximate surface area is 95.9 Å². The van der Waals surface area contributed by atoms with Crippen LogP contribution in [0.1, 0.15) is 0 Å². The van der Waals surface area contributed by atoms with Crippen molar-refractivity contribution in [3.05, 3.63) is 18.2 Å². The first kappa shape index (κ1) is 12.5. The lowest BCUT2D eigenvalue weighted by Gasteiger charge is -2.10. The summed E-state index contributed by atoms with van der Waals surface area (Å²) < 4.78 is 16.3. The van der Waals surface area contributed by atoms with Gasteiger partial charge in [0.2, 0.25) is 0 Å². The molecular formula is C10H13NO4S. The van der Waals surface area contributed by atoms with Crippen LogP contribution in [-0.2, 0) is 15.6 Å². The number of methoxy groups -OCH3 is 1. The van der Waals surface area contributed by atoms with E-state index in [1.54, 1.807) is 24.5 Å². The molecule has 88 valence electrons. The molecule has 16 heavy (non-hydrogen) atoms. The van der Waals surface area contributed by atoms with Gasteiger partial charge in [-0.15, -0.1) is 0 Å². The van der Waals surface area contributed by atoms with Crippen LogP contribution in [0.4, 0.5) is 5.69 Å². The fraction of sp³-hybridized carbons (Fsp3) is 0.300. The van der Waals surface area contributed by atoms with Crippen LogP contribution < -0.4 is 10.1 Å². The van der Waals surface area contributed by atoms with Crippen LogP contribution in [0.5, 0.6) is 5.75 Å². The number of benzene rings is 1. The Morgan fingerprint density at radius 3 is 2.75 bits per heavy atom. The van der Waals surface area contributed by atoms with Gasteiger partial charge in [0.15, 0.2) is 0 Å². The van der Waals surface area contributed by atoms with E-state index in [9.17, 15) is 9.00 Å². The Morgan fingerprint density at radius 2 is 2.25 bits per heavy atom. The molecule has 0 fully saturated rings. The number of ether oxygens (including phenoxy) is 1. The second-order valence-corrected chi connectivity index (χ2v) is 4.44. The summed E-state index contributed by atoms with van der Waals surface area (Å²) in [6.45, 7) is -0.190. The summed E-state index contributed by atoms with van der Waals surface area (Å²) in [4.78, 5) is 11.0. The van der Waals surface area contributed by atoms with E-state index in [0.717, 1.165) is 0 Å². The van der Waals surface area contributed by atoms with Crippen LogP contribution >= 0.6 is 0 Å². The number of carbonyl (C=O) groups is 1. The van der Waals surface area contributed by atoms with Crippen LogP contribution in [0.3, 0.4) is 0 Å². The normalized spacial score (nSPS) is 11.9. The number of carboxylic acid groups (broad SMARTS) is 1. The second-order valence-electron chi connectivity index (χ2n) is 3.06. The third-order valence-electron chi connectivity index (χ3n) is 1.93. The Hall–Kier alpha value is -1.56. The number of anilines is 1.